The first-order valence-corrected chi connectivity index (χ1v) is 11.0. The van der Waals surface area contributed by atoms with Crippen molar-refractivity contribution in [2.75, 3.05) is 17.9 Å². The second-order valence-corrected chi connectivity index (χ2v) is 8.01. The highest BCUT2D eigenvalue weighted by atomic mass is 32.2. The van der Waals surface area contributed by atoms with Gasteiger partial charge in [0.15, 0.2) is 22.5 Å². The van der Waals surface area contributed by atoms with E-state index in [2.05, 4.69) is 21.6 Å². The normalized spacial score (nSPS) is 11.7. The lowest BCUT2D eigenvalue weighted by Gasteiger charge is -2.11. The SMILES string of the molecule is N#Cc1ccc(NC(=O)CSc2nnc(-c3ccc4c(c3)OCO4)n2-c2ccccc2)cc1. The molecule has 1 N–H and O–H groups in total. The van der Waals surface area contributed by atoms with Gasteiger partial charge in [0.2, 0.25) is 12.7 Å². The molecule has 1 aliphatic heterocycles. The van der Waals surface area contributed by atoms with Gasteiger partial charge < -0.3 is 14.8 Å². The van der Waals surface area contributed by atoms with Gasteiger partial charge in [-0.2, -0.15) is 5.26 Å². The van der Waals surface area contributed by atoms with Gasteiger partial charge in [0.1, 0.15) is 0 Å². The number of ether oxygens (including phenoxy) is 2. The molecule has 4 aromatic rings. The summed E-state index contributed by atoms with van der Waals surface area (Å²) in [5.74, 6) is 1.95. The number of nitrogens with zero attached hydrogens (tertiary/aromatic N) is 4. The van der Waals surface area contributed by atoms with Crippen LogP contribution in [0.5, 0.6) is 11.5 Å². The van der Waals surface area contributed by atoms with Gasteiger partial charge >= 0.3 is 0 Å². The van der Waals surface area contributed by atoms with Crippen molar-refractivity contribution in [3.05, 3.63) is 78.4 Å². The number of aromatic nitrogens is 3. The molecule has 0 unspecified atom stereocenters. The Morgan fingerprint density at radius 1 is 1.03 bits per heavy atom. The summed E-state index contributed by atoms with van der Waals surface area (Å²) < 4.78 is 12.8. The fourth-order valence-corrected chi connectivity index (χ4v) is 4.10. The van der Waals surface area contributed by atoms with Crippen LogP contribution in [0.2, 0.25) is 0 Å². The first kappa shape index (κ1) is 20.6. The van der Waals surface area contributed by atoms with Crippen LogP contribution in [0.4, 0.5) is 5.69 Å². The number of anilines is 1. The van der Waals surface area contributed by atoms with Crippen molar-refractivity contribution < 1.29 is 14.3 Å². The number of carbonyl (C=O) groups is 1. The molecule has 0 saturated heterocycles. The molecule has 0 radical (unpaired) electrons. The van der Waals surface area contributed by atoms with Gasteiger partial charge in [0.05, 0.1) is 17.4 Å². The van der Waals surface area contributed by atoms with Crippen LogP contribution in [0.15, 0.2) is 78.0 Å². The van der Waals surface area contributed by atoms with Crippen molar-refractivity contribution >= 4 is 23.4 Å². The topological polar surface area (TPSA) is 102 Å². The number of rotatable bonds is 6. The van der Waals surface area contributed by atoms with E-state index in [0.29, 0.717) is 33.7 Å². The fraction of sp³-hybridized carbons (Fsp3) is 0.0833. The molecule has 1 aliphatic rings. The summed E-state index contributed by atoms with van der Waals surface area (Å²) in [6.45, 7) is 0.194. The number of nitriles is 1. The van der Waals surface area contributed by atoms with Gasteiger partial charge in [-0.1, -0.05) is 30.0 Å². The molecule has 5 rings (SSSR count). The van der Waals surface area contributed by atoms with E-state index in [9.17, 15) is 4.79 Å². The number of amides is 1. The van der Waals surface area contributed by atoms with Gasteiger partial charge in [-0.25, -0.2) is 0 Å². The van der Waals surface area contributed by atoms with E-state index < -0.39 is 0 Å². The van der Waals surface area contributed by atoms with Crippen molar-refractivity contribution in [3.8, 4) is 34.6 Å². The average Bonchev–Trinajstić information content (AvgIpc) is 3.50. The molecule has 0 spiro atoms. The summed E-state index contributed by atoms with van der Waals surface area (Å²) >= 11 is 1.29. The molecule has 9 heteroatoms. The molecular weight excluding hydrogens is 438 g/mol. The molecule has 0 fully saturated rings. The molecule has 8 nitrogen and oxygen atoms in total. The van der Waals surface area contributed by atoms with Crippen molar-refractivity contribution in [1.82, 2.24) is 14.8 Å². The Kier molecular flexibility index (Phi) is 5.66. The number of hydrogen-bond donors (Lipinski definition) is 1. The minimum Gasteiger partial charge on any atom is -0.454 e. The molecule has 0 saturated carbocycles. The predicted octanol–water partition coefficient (Wildman–Crippen LogP) is 4.27. The van der Waals surface area contributed by atoms with E-state index >= 15 is 0 Å². The zero-order valence-electron chi connectivity index (χ0n) is 17.3. The fourth-order valence-electron chi connectivity index (χ4n) is 3.35. The molecule has 0 atom stereocenters. The summed E-state index contributed by atoms with van der Waals surface area (Å²) in [6, 6.07) is 24.1. The standard InChI is InChI=1S/C24H17N5O3S/c25-13-16-6-9-18(10-7-16)26-22(30)14-33-24-28-27-23(29(24)19-4-2-1-3-5-19)17-8-11-20-21(12-17)32-15-31-20/h1-12H,14-15H2,(H,26,30). The maximum Gasteiger partial charge on any atom is 0.234 e. The Morgan fingerprint density at radius 3 is 2.61 bits per heavy atom. The molecule has 3 aromatic carbocycles. The van der Waals surface area contributed by atoms with E-state index in [4.69, 9.17) is 14.7 Å². The monoisotopic (exact) mass is 455 g/mol. The third kappa shape index (κ3) is 4.37. The number of benzene rings is 3. The number of carbonyl (C=O) groups excluding carboxylic acids is 1. The predicted molar refractivity (Wildman–Crippen MR) is 123 cm³/mol. The van der Waals surface area contributed by atoms with Gasteiger partial charge in [-0.05, 0) is 54.6 Å². The third-order valence-corrected chi connectivity index (χ3v) is 5.84. The Bertz CT molecular complexity index is 1350. The zero-order chi connectivity index (χ0) is 22.6. The maximum atomic E-state index is 12.5. The van der Waals surface area contributed by atoms with Gasteiger partial charge in [-0.15, -0.1) is 10.2 Å². The quantitative estimate of drug-likeness (QED) is 0.433. The highest BCUT2D eigenvalue weighted by Crippen LogP contribution is 2.37. The van der Waals surface area contributed by atoms with E-state index in [-0.39, 0.29) is 18.5 Å². The minimum atomic E-state index is -0.183. The zero-order valence-corrected chi connectivity index (χ0v) is 18.1. The lowest BCUT2D eigenvalue weighted by molar-refractivity contribution is -0.113. The molecule has 1 amide bonds. The van der Waals surface area contributed by atoms with Crippen LogP contribution >= 0.6 is 11.8 Å². The second-order valence-electron chi connectivity index (χ2n) is 7.07. The Balaban J connectivity index is 1.39. The Labute approximate surface area is 193 Å². The van der Waals surface area contributed by atoms with Crippen LogP contribution in [0.25, 0.3) is 17.1 Å². The molecular formula is C24H17N5O3S. The summed E-state index contributed by atoms with van der Waals surface area (Å²) in [7, 11) is 0. The average molecular weight is 455 g/mol. The lowest BCUT2D eigenvalue weighted by Crippen LogP contribution is -2.14. The molecule has 162 valence electrons. The Hall–Kier alpha value is -4.29. The number of nitrogens with one attached hydrogen (secondary N) is 1. The van der Waals surface area contributed by atoms with E-state index in [1.807, 2.05) is 53.1 Å². The van der Waals surface area contributed by atoms with E-state index in [0.717, 1.165) is 11.3 Å². The van der Waals surface area contributed by atoms with Crippen molar-refractivity contribution in [3.63, 3.8) is 0 Å². The summed E-state index contributed by atoms with van der Waals surface area (Å²) in [6.07, 6.45) is 0. The largest absolute Gasteiger partial charge is 0.454 e. The maximum absolute atomic E-state index is 12.5. The van der Waals surface area contributed by atoms with E-state index in [1.165, 1.54) is 11.8 Å². The van der Waals surface area contributed by atoms with Crippen molar-refractivity contribution in [1.29, 1.82) is 5.26 Å². The first-order chi connectivity index (χ1) is 16.2. The summed E-state index contributed by atoms with van der Waals surface area (Å²) in [5, 5.41) is 21.1. The highest BCUT2D eigenvalue weighted by molar-refractivity contribution is 7.99. The molecule has 0 bridgehead atoms. The summed E-state index contributed by atoms with van der Waals surface area (Å²) in [5.41, 5.74) is 2.87. The molecule has 0 aliphatic carbocycles. The first-order valence-electron chi connectivity index (χ1n) is 10.0. The molecule has 1 aromatic heterocycles. The Morgan fingerprint density at radius 2 is 1.82 bits per heavy atom. The number of para-hydroxylation sites is 1. The van der Waals surface area contributed by atoms with Crippen LogP contribution in [0.1, 0.15) is 5.56 Å². The smallest absolute Gasteiger partial charge is 0.234 e. The number of hydrogen-bond acceptors (Lipinski definition) is 7. The lowest BCUT2D eigenvalue weighted by atomic mass is 10.2. The van der Waals surface area contributed by atoms with E-state index in [1.54, 1.807) is 24.3 Å². The molecule has 33 heavy (non-hydrogen) atoms. The van der Waals surface area contributed by atoms with Gasteiger partial charge in [0.25, 0.3) is 0 Å². The van der Waals surface area contributed by atoms with Gasteiger partial charge in [0, 0.05) is 16.9 Å². The molecule has 2 heterocycles. The number of fused-ring (bicyclic) bond motifs is 1. The number of thioether (sulfide) groups is 1. The third-order valence-electron chi connectivity index (χ3n) is 4.91. The van der Waals surface area contributed by atoms with Crippen LogP contribution in [-0.2, 0) is 4.79 Å². The minimum absolute atomic E-state index is 0.145. The second kappa shape index (κ2) is 9.06. The van der Waals surface area contributed by atoms with Crippen LogP contribution < -0.4 is 14.8 Å². The van der Waals surface area contributed by atoms with Crippen LogP contribution in [-0.4, -0.2) is 33.2 Å². The highest BCUT2D eigenvalue weighted by Gasteiger charge is 2.20. The van der Waals surface area contributed by atoms with Crippen LogP contribution in [0, 0.1) is 11.3 Å². The van der Waals surface area contributed by atoms with Crippen molar-refractivity contribution in [2.24, 2.45) is 0 Å². The van der Waals surface area contributed by atoms with Crippen LogP contribution in [0.3, 0.4) is 0 Å². The van der Waals surface area contributed by atoms with Crippen molar-refractivity contribution in [2.45, 2.75) is 5.16 Å². The summed E-state index contributed by atoms with van der Waals surface area (Å²) in [4.78, 5) is 12.5. The van der Waals surface area contributed by atoms with Gasteiger partial charge in [-0.3, -0.25) is 9.36 Å².